The minimum atomic E-state index is -1.42. The van der Waals surface area contributed by atoms with Crippen LogP contribution in [0.4, 0.5) is 14.5 Å². The molecule has 234 valence electrons. The van der Waals surface area contributed by atoms with Crippen molar-refractivity contribution in [3.63, 3.8) is 0 Å². The van der Waals surface area contributed by atoms with Crippen molar-refractivity contribution in [2.24, 2.45) is 11.5 Å². The smallest absolute Gasteiger partial charge is 0.310 e. The molecule has 0 spiro atoms. The van der Waals surface area contributed by atoms with Crippen LogP contribution in [0, 0.1) is 22.5 Å². The fraction of sp³-hybridized carbons (Fsp3) is 0.133. The molecule has 45 heavy (non-hydrogen) atoms. The first kappa shape index (κ1) is 31.8. The highest BCUT2D eigenvalue weighted by molar-refractivity contribution is 5.95. The molecule has 0 unspecified atom stereocenters. The number of aromatic hydroxyl groups is 1. The second kappa shape index (κ2) is 13.9. The third kappa shape index (κ3) is 7.84. The number of pyridine rings is 1. The van der Waals surface area contributed by atoms with Crippen LogP contribution >= 0.6 is 0 Å². The van der Waals surface area contributed by atoms with E-state index < -0.39 is 40.9 Å². The van der Waals surface area contributed by atoms with E-state index in [-0.39, 0.29) is 53.4 Å². The summed E-state index contributed by atoms with van der Waals surface area (Å²) in [6.45, 7) is 1.87. The minimum Gasteiger partial charge on any atom is -0.504 e. The first-order valence-corrected chi connectivity index (χ1v) is 13.1. The molecule has 3 aromatic carbocycles. The van der Waals surface area contributed by atoms with Crippen LogP contribution in [0.25, 0.3) is 0 Å². The molecule has 0 aliphatic heterocycles. The number of methoxy groups -OCH3 is 1. The van der Waals surface area contributed by atoms with Crippen molar-refractivity contribution in [3.8, 4) is 46.3 Å². The predicted molar refractivity (Wildman–Crippen MR) is 159 cm³/mol. The van der Waals surface area contributed by atoms with Gasteiger partial charge in [-0.1, -0.05) is 12.1 Å². The molecule has 0 aliphatic rings. The number of carbonyl (C=O) groups excluding carboxylic acids is 1. The normalized spacial score (nSPS) is 10.5. The molecule has 0 fully saturated rings. The van der Waals surface area contributed by atoms with Crippen LogP contribution in [0.2, 0.25) is 0 Å². The molecule has 0 atom stereocenters. The van der Waals surface area contributed by atoms with Crippen LogP contribution in [0.15, 0.2) is 60.7 Å². The lowest BCUT2D eigenvalue weighted by Gasteiger charge is -2.17. The van der Waals surface area contributed by atoms with Crippen LogP contribution in [0.3, 0.4) is 0 Å². The first-order chi connectivity index (χ1) is 21.5. The summed E-state index contributed by atoms with van der Waals surface area (Å²) in [5.41, 5.74) is 11.9. The van der Waals surface area contributed by atoms with E-state index in [2.05, 4.69) is 10.3 Å². The highest BCUT2D eigenvalue weighted by Gasteiger charge is 2.27. The zero-order valence-corrected chi connectivity index (χ0v) is 23.9. The van der Waals surface area contributed by atoms with Gasteiger partial charge in [0.1, 0.15) is 11.6 Å². The van der Waals surface area contributed by atoms with Crippen LogP contribution in [-0.4, -0.2) is 41.6 Å². The van der Waals surface area contributed by atoms with E-state index in [0.29, 0.717) is 11.3 Å². The Morgan fingerprint density at radius 3 is 2.33 bits per heavy atom. The number of aromatic nitrogens is 1. The summed E-state index contributed by atoms with van der Waals surface area (Å²) in [6, 6.07) is 13.8. The molecule has 1 heterocycles. The van der Waals surface area contributed by atoms with Gasteiger partial charge in [-0.2, -0.15) is 13.8 Å². The second-order valence-electron chi connectivity index (χ2n) is 9.12. The van der Waals surface area contributed by atoms with E-state index in [1.807, 2.05) is 0 Å². The van der Waals surface area contributed by atoms with E-state index in [1.165, 1.54) is 55.6 Å². The SMILES string of the molecule is CCOC(=O)Cc1ccc(Oc2c(F)c(Oc3cccc(NC(=N)N)c3)nc(Oc3cc(C(=N)N)ccc3O)c2F)c(OC)c1. The fourth-order valence-corrected chi connectivity index (χ4v) is 3.87. The highest BCUT2D eigenvalue weighted by Crippen LogP contribution is 2.43. The number of nitrogens with one attached hydrogen (secondary N) is 3. The third-order valence-corrected chi connectivity index (χ3v) is 5.88. The Hall–Kier alpha value is -6.12. The number of phenolic OH excluding ortho intramolecular Hbond substituents is 1. The van der Waals surface area contributed by atoms with Gasteiger partial charge in [-0.15, -0.1) is 0 Å². The van der Waals surface area contributed by atoms with Crippen LogP contribution in [0.1, 0.15) is 18.1 Å². The van der Waals surface area contributed by atoms with E-state index in [1.54, 1.807) is 13.0 Å². The lowest BCUT2D eigenvalue weighted by Crippen LogP contribution is -2.20. The molecule has 8 N–H and O–H groups in total. The Morgan fingerprint density at radius 2 is 1.67 bits per heavy atom. The van der Waals surface area contributed by atoms with Gasteiger partial charge in [0, 0.05) is 17.3 Å². The van der Waals surface area contributed by atoms with Gasteiger partial charge < -0.3 is 45.6 Å². The molecule has 0 radical (unpaired) electrons. The molecule has 0 saturated heterocycles. The molecule has 0 saturated carbocycles. The number of esters is 1. The maximum atomic E-state index is 15.9. The average molecular weight is 623 g/mol. The number of ether oxygens (including phenoxy) is 5. The first-order valence-electron chi connectivity index (χ1n) is 13.1. The van der Waals surface area contributed by atoms with E-state index >= 15 is 8.78 Å². The third-order valence-electron chi connectivity index (χ3n) is 5.88. The quantitative estimate of drug-likeness (QED) is 0.0692. The number of hydrogen-bond acceptors (Lipinski definition) is 10. The molecular formula is C30H28F2N6O7. The largest absolute Gasteiger partial charge is 0.504 e. The maximum Gasteiger partial charge on any atom is 0.310 e. The second-order valence-corrected chi connectivity index (χ2v) is 9.12. The van der Waals surface area contributed by atoms with Gasteiger partial charge in [0.15, 0.2) is 29.0 Å². The zero-order chi connectivity index (χ0) is 32.7. The van der Waals surface area contributed by atoms with Gasteiger partial charge >= 0.3 is 5.97 Å². The standard InChI is InChI=1S/C30H28F2N6O7/c1-3-42-23(40)12-15-7-10-20(22(11-15)41-2)44-26-24(31)28(43-18-6-4-5-17(14-18)37-30(35)36)38-29(25(26)32)45-21-13-16(27(33)34)8-9-19(21)39/h4-11,13-14,39H,3,12H2,1-2H3,(H3,33,34)(H4,35,36,37). The summed E-state index contributed by atoms with van der Waals surface area (Å²) >= 11 is 0. The molecule has 4 rings (SSSR count). The number of carbonyl (C=O) groups is 1. The van der Waals surface area contributed by atoms with E-state index in [9.17, 15) is 9.90 Å². The van der Waals surface area contributed by atoms with Gasteiger partial charge in [-0.25, -0.2) is 0 Å². The average Bonchev–Trinajstić information content (AvgIpc) is 2.99. The van der Waals surface area contributed by atoms with Crippen LogP contribution in [-0.2, 0) is 16.0 Å². The maximum absolute atomic E-state index is 15.9. The van der Waals surface area contributed by atoms with Gasteiger partial charge in [-0.05, 0) is 55.0 Å². The van der Waals surface area contributed by atoms with E-state index in [0.717, 1.165) is 6.07 Å². The lowest BCUT2D eigenvalue weighted by atomic mass is 10.1. The summed E-state index contributed by atoms with van der Waals surface area (Å²) < 4.78 is 58.8. The summed E-state index contributed by atoms with van der Waals surface area (Å²) in [5.74, 6) is -7.57. The Morgan fingerprint density at radius 1 is 0.933 bits per heavy atom. The van der Waals surface area contributed by atoms with Gasteiger partial charge in [0.25, 0.3) is 11.8 Å². The monoisotopic (exact) mass is 622 g/mol. The predicted octanol–water partition coefficient (Wildman–Crippen LogP) is 5.15. The van der Waals surface area contributed by atoms with Crippen LogP contribution in [0.5, 0.6) is 46.3 Å². The van der Waals surface area contributed by atoms with Gasteiger partial charge in [-0.3, -0.25) is 15.6 Å². The Balaban J connectivity index is 1.79. The summed E-state index contributed by atoms with van der Waals surface area (Å²) in [4.78, 5) is 15.8. The number of anilines is 1. The number of nitrogen functional groups attached to an aromatic ring is 1. The Bertz CT molecular complexity index is 1770. The molecule has 15 heteroatoms. The van der Waals surface area contributed by atoms with Gasteiger partial charge in [0.2, 0.25) is 17.4 Å². The van der Waals surface area contributed by atoms with Crippen molar-refractivity contribution in [3.05, 3.63) is 83.4 Å². The van der Waals surface area contributed by atoms with Crippen molar-refractivity contribution >= 4 is 23.5 Å². The molecule has 0 bridgehead atoms. The number of benzene rings is 3. The molecule has 13 nitrogen and oxygen atoms in total. The number of amidine groups is 1. The van der Waals surface area contributed by atoms with Crippen molar-refractivity contribution in [1.29, 1.82) is 10.8 Å². The van der Waals surface area contributed by atoms with Crippen LogP contribution < -0.4 is 35.7 Å². The van der Waals surface area contributed by atoms with Crippen molar-refractivity contribution in [2.45, 2.75) is 13.3 Å². The number of guanidine groups is 1. The summed E-state index contributed by atoms with van der Waals surface area (Å²) in [5, 5.41) is 27.9. The number of halogens is 2. The highest BCUT2D eigenvalue weighted by atomic mass is 19.1. The Labute approximate surface area is 255 Å². The lowest BCUT2D eigenvalue weighted by molar-refractivity contribution is -0.142. The van der Waals surface area contributed by atoms with Crippen molar-refractivity contribution in [2.75, 3.05) is 19.0 Å². The molecule has 0 amide bonds. The Kier molecular flexibility index (Phi) is 9.83. The minimum absolute atomic E-state index is 0.0125. The number of phenols is 1. The number of hydrogen-bond donors (Lipinski definition) is 6. The van der Waals surface area contributed by atoms with E-state index in [4.69, 9.17) is 46.0 Å². The molecule has 4 aromatic rings. The fourth-order valence-electron chi connectivity index (χ4n) is 3.87. The summed E-state index contributed by atoms with van der Waals surface area (Å²) in [7, 11) is 1.30. The number of nitrogens with two attached hydrogens (primary N) is 2. The number of nitrogens with zero attached hydrogens (tertiary/aromatic N) is 1. The van der Waals surface area contributed by atoms with Crippen molar-refractivity contribution in [1.82, 2.24) is 4.98 Å². The van der Waals surface area contributed by atoms with Crippen molar-refractivity contribution < 1.29 is 42.4 Å². The topological polar surface area (TPSA) is 208 Å². The molecule has 0 aliphatic carbocycles. The zero-order valence-electron chi connectivity index (χ0n) is 23.9. The molecule has 1 aromatic heterocycles. The molecular weight excluding hydrogens is 594 g/mol. The number of rotatable bonds is 12. The van der Waals surface area contributed by atoms with Gasteiger partial charge in [0.05, 0.1) is 20.1 Å². The summed E-state index contributed by atoms with van der Waals surface area (Å²) in [6.07, 6.45) is -0.0845.